The van der Waals surface area contributed by atoms with Crippen molar-refractivity contribution in [1.29, 1.82) is 5.26 Å². The topological polar surface area (TPSA) is 125 Å². The number of pyridine rings is 1. The molecule has 0 spiro atoms. The van der Waals surface area contributed by atoms with Gasteiger partial charge in [-0.25, -0.2) is 4.79 Å². The highest BCUT2D eigenvalue weighted by atomic mass is 16.6. The van der Waals surface area contributed by atoms with Gasteiger partial charge in [0.1, 0.15) is 12.4 Å². The first-order valence-electron chi connectivity index (χ1n) is 9.59. The summed E-state index contributed by atoms with van der Waals surface area (Å²) in [5, 5.41) is 17.8. The fourth-order valence-electron chi connectivity index (χ4n) is 3.66. The zero-order valence-corrected chi connectivity index (χ0v) is 16.4. The standard InChI is InChI=1S/C21H21N5O4/c1-29-20-14(7-16-11-30-21(28)24-16)4-5-18(26-20)25-19(27)17-8-13-3-2-12(9-22)6-15(13)10-23-17/h2-6,16-17,23H,7-8,10-11H2,1H3,(H,24,28)(H,25,26,27)/t16-,17?/m0/s1. The van der Waals surface area contributed by atoms with Crippen molar-refractivity contribution >= 4 is 17.8 Å². The molecule has 2 aromatic rings. The Morgan fingerprint density at radius 2 is 2.23 bits per heavy atom. The van der Waals surface area contributed by atoms with E-state index >= 15 is 0 Å². The zero-order chi connectivity index (χ0) is 21.1. The number of rotatable bonds is 5. The molecular formula is C21H21N5O4. The van der Waals surface area contributed by atoms with Crippen LogP contribution in [0.4, 0.5) is 10.6 Å². The first-order valence-corrected chi connectivity index (χ1v) is 9.59. The lowest BCUT2D eigenvalue weighted by Crippen LogP contribution is -2.44. The maximum Gasteiger partial charge on any atom is 0.407 e. The number of nitrogens with zero attached hydrogens (tertiary/aromatic N) is 2. The van der Waals surface area contributed by atoms with E-state index in [-0.39, 0.29) is 11.9 Å². The number of fused-ring (bicyclic) bond motifs is 1. The SMILES string of the molecule is COc1nc(NC(=O)C2Cc3ccc(C#N)cc3CN2)ccc1C[C@H]1COC(=O)N1. The van der Waals surface area contributed by atoms with E-state index < -0.39 is 12.1 Å². The van der Waals surface area contributed by atoms with Gasteiger partial charge in [0, 0.05) is 18.5 Å². The number of anilines is 1. The van der Waals surface area contributed by atoms with Crippen LogP contribution in [0.15, 0.2) is 30.3 Å². The molecule has 1 aromatic heterocycles. The van der Waals surface area contributed by atoms with Gasteiger partial charge in [0.05, 0.1) is 30.8 Å². The van der Waals surface area contributed by atoms with E-state index in [2.05, 4.69) is 27.0 Å². The van der Waals surface area contributed by atoms with Gasteiger partial charge in [0.15, 0.2) is 0 Å². The van der Waals surface area contributed by atoms with Gasteiger partial charge in [-0.3, -0.25) is 4.79 Å². The lowest BCUT2D eigenvalue weighted by Gasteiger charge is -2.25. The Balaban J connectivity index is 1.41. The minimum absolute atomic E-state index is 0.137. The molecule has 1 saturated heterocycles. The van der Waals surface area contributed by atoms with Gasteiger partial charge in [-0.15, -0.1) is 0 Å². The predicted octanol–water partition coefficient (Wildman–Crippen LogP) is 1.27. The Bertz CT molecular complexity index is 1030. The summed E-state index contributed by atoms with van der Waals surface area (Å²) >= 11 is 0. The fraction of sp³-hybridized carbons (Fsp3) is 0.333. The normalized spacial score (nSPS) is 19.8. The Hall–Kier alpha value is -3.64. The summed E-state index contributed by atoms with van der Waals surface area (Å²) in [6.45, 7) is 0.818. The van der Waals surface area contributed by atoms with Crippen molar-refractivity contribution in [1.82, 2.24) is 15.6 Å². The van der Waals surface area contributed by atoms with Crippen LogP contribution < -0.4 is 20.7 Å². The number of nitrogens with one attached hydrogen (secondary N) is 3. The van der Waals surface area contributed by atoms with Gasteiger partial charge < -0.3 is 25.4 Å². The fourth-order valence-corrected chi connectivity index (χ4v) is 3.66. The average Bonchev–Trinajstić information content (AvgIpc) is 3.18. The van der Waals surface area contributed by atoms with Gasteiger partial charge in [-0.05, 0) is 41.8 Å². The highest BCUT2D eigenvalue weighted by Gasteiger charge is 2.26. The Kier molecular flexibility index (Phi) is 5.50. The van der Waals surface area contributed by atoms with E-state index in [1.165, 1.54) is 7.11 Å². The van der Waals surface area contributed by atoms with Crippen LogP contribution in [-0.4, -0.2) is 42.8 Å². The number of benzene rings is 1. The lowest BCUT2D eigenvalue weighted by atomic mass is 9.94. The quantitative estimate of drug-likeness (QED) is 0.681. The maximum atomic E-state index is 12.7. The number of carbonyl (C=O) groups is 2. The lowest BCUT2D eigenvalue weighted by molar-refractivity contribution is -0.118. The smallest absolute Gasteiger partial charge is 0.407 e. The molecule has 1 aromatic carbocycles. The molecule has 0 radical (unpaired) electrons. The number of methoxy groups -OCH3 is 1. The molecule has 0 bridgehead atoms. The number of aromatic nitrogens is 1. The molecule has 154 valence electrons. The summed E-state index contributed by atoms with van der Waals surface area (Å²) in [4.78, 5) is 28.3. The second kappa shape index (κ2) is 8.39. The van der Waals surface area contributed by atoms with E-state index in [0.29, 0.717) is 43.3 Å². The number of alkyl carbamates (subject to hydrolysis) is 1. The first-order chi connectivity index (χ1) is 14.6. The highest BCUT2D eigenvalue weighted by molar-refractivity contribution is 5.94. The Morgan fingerprint density at radius 3 is 2.97 bits per heavy atom. The van der Waals surface area contributed by atoms with Crippen molar-refractivity contribution in [3.05, 3.63) is 52.6 Å². The minimum atomic E-state index is -0.429. The predicted molar refractivity (Wildman–Crippen MR) is 107 cm³/mol. The summed E-state index contributed by atoms with van der Waals surface area (Å²) in [6.07, 6.45) is 0.617. The van der Waals surface area contributed by atoms with Gasteiger partial charge in [-0.1, -0.05) is 6.07 Å². The van der Waals surface area contributed by atoms with Crippen molar-refractivity contribution < 1.29 is 19.1 Å². The highest BCUT2D eigenvalue weighted by Crippen LogP contribution is 2.22. The molecule has 30 heavy (non-hydrogen) atoms. The molecule has 2 atom stereocenters. The van der Waals surface area contributed by atoms with E-state index in [4.69, 9.17) is 14.7 Å². The molecule has 1 unspecified atom stereocenters. The van der Waals surface area contributed by atoms with Crippen LogP contribution >= 0.6 is 0 Å². The molecule has 4 rings (SSSR count). The van der Waals surface area contributed by atoms with Crippen molar-refractivity contribution in [3.8, 4) is 11.9 Å². The molecule has 3 N–H and O–H groups in total. The van der Waals surface area contributed by atoms with Crippen molar-refractivity contribution in [3.63, 3.8) is 0 Å². The number of carbonyl (C=O) groups excluding carboxylic acids is 2. The first kappa shape index (κ1) is 19.7. The number of hydrogen-bond donors (Lipinski definition) is 3. The molecule has 3 heterocycles. The van der Waals surface area contributed by atoms with Crippen LogP contribution in [0.3, 0.4) is 0 Å². The number of hydrogen-bond acceptors (Lipinski definition) is 7. The van der Waals surface area contributed by atoms with Crippen molar-refractivity contribution in [2.75, 3.05) is 19.0 Å². The summed E-state index contributed by atoms with van der Waals surface area (Å²) in [6, 6.07) is 10.6. The van der Waals surface area contributed by atoms with Crippen LogP contribution in [0.2, 0.25) is 0 Å². The summed E-state index contributed by atoms with van der Waals surface area (Å²) in [7, 11) is 1.51. The third-order valence-electron chi connectivity index (χ3n) is 5.20. The monoisotopic (exact) mass is 407 g/mol. The van der Waals surface area contributed by atoms with Crippen LogP contribution in [0.25, 0.3) is 0 Å². The van der Waals surface area contributed by atoms with E-state index in [1.807, 2.05) is 18.2 Å². The van der Waals surface area contributed by atoms with Gasteiger partial charge in [0.25, 0.3) is 0 Å². The zero-order valence-electron chi connectivity index (χ0n) is 16.4. The average molecular weight is 407 g/mol. The second-order valence-corrected chi connectivity index (χ2v) is 7.23. The molecule has 2 aliphatic heterocycles. The molecular weight excluding hydrogens is 386 g/mol. The number of nitriles is 1. The largest absolute Gasteiger partial charge is 0.481 e. The Labute approximate surface area is 173 Å². The number of ether oxygens (including phenoxy) is 2. The number of amides is 2. The van der Waals surface area contributed by atoms with E-state index in [0.717, 1.165) is 16.7 Å². The maximum absolute atomic E-state index is 12.7. The molecule has 0 saturated carbocycles. The van der Waals surface area contributed by atoms with Crippen molar-refractivity contribution in [2.45, 2.75) is 31.5 Å². The van der Waals surface area contributed by atoms with Gasteiger partial charge in [0.2, 0.25) is 11.8 Å². The summed E-state index contributed by atoms with van der Waals surface area (Å²) in [5.74, 6) is 0.587. The molecule has 9 heteroatoms. The van der Waals surface area contributed by atoms with E-state index in [1.54, 1.807) is 12.1 Å². The molecule has 1 fully saturated rings. The second-order valence-electron chi connectivity index (χ2n) is 7.23. The van der Waals surface area contributed by atoms with Crippen molar-refractivity contribution in [2.24, 2.45) is 0 Å². The summed E-state index contributed by atoms with van der Waals surface area (Å²) in [5.41, 5.74) is 3.50. The van der Waals surface area contributed by atoms with Crippen LogP contribution in [-0.2, 0) is 28.9 Å². The number of cyclic esters (lactones) is 1. The minimum Gasteiger partial charge on any atom is -0.481 e. The molecule has 2 amide bonds. The summed E-state index contributed by atoms with van der Waals surface area (Å²) < 4.78 is 10.3. The molecule has 9 nitrogen and oxygen atoms in total. The van der Waals surface area contributed by atoms with Gasteiger partial charge >= 0.3 is 6.09 Å². The molecule has 0 aliphatic carbocycles. The van der Waals surface area contributed by atoms with E-state index in [9.17, 15) is 9.59 Å². The third kappa shape index (κ3) is 4.18. The van der Waals surface area contributed by atoms with Crippen LogP contribution in [0.5, 0.6) is 5.88 Å². The van der Waals surface area contributed by atoms with Crippen LogP contribution in [0, 0.1) is 11.3 Å². The molecule has 2 aliphatic rings. The Morgan fingerprint density at radius 1 is 1.37 bits per heavy atom. The third-order valence-corrected chi connectivity index (χ3v) is 5.20. The van der Waals surface area contributed by atoms with Gasteiger partial charge in [-0.2, -0.15) is 10.2 Å². The van der Waals surface area contributed by atoms with Crippen LogP contribution in [0.1, 0.15) is 22.3 Å².